The third-order valence-electron chi connectivity index (χ3n) is 3.92. The lowest BCUT2D eigenvalue weighted by Crippen LogP contribution is -2.47. The zero-order valence-corrected chi connectivity index (χ0v) is 10.7. The number of carbonyl (C=O) groups excluding carboxylic acids is 1. The number of urea groups is 1. The van der Waals surface area contributed by atoms with Crippen LogP contribution in [0.4, 0.5) is 4.79 Å². The Morgan fingerprint density at radius 3 is 2.50 bits per heavy atom. The number of hydrogen-bond acceptors (Lipinski definition) is 3. The van der Waals surface area contributed by atoms with Crippen molar-refractivity contribution in [2.75, 3.05) is 20.1 Å². The van der Waals surface area contributed by atoms with Gasteiger partial charge in [0, 0.05) is 26.6 Å². The van der Waals surface area contributed by atoms with Gasteiger partial charge in [-0.2, -0.15) is 0 Å². The Kier molecular flexibility index (Phi) is 3.47. The number of aliphatic hydroxyl groups is 1. The zero-order chi connectivity index (χ0) is 13.4. The maximum Gasteiger partial charge on any atom is 0.326 e. The Labute approximate surface area is 106 Å². The van der Waals surface area contributed by atoms with Gasteiger partial charge in [0.05, 0.1) is 6.10 Å². The van der Waals surface area contributed by atoms with Gasteiger partial charge in [-0.3, -0.25) is 0 Å². The molecule has 0 bridgehead atoms. The molecule has 2 aliphatic rings. The fourth-order valence-corrected chi connectivity index (χ4v) is 2.56. The van der Waals surface area contributed by atoms with Crippen LogP contribution in [0.25, 0.3) is 0 Å². The zero-order valence-electron chi connectivity index (χ0n) is 10.7. The summed E-state index contributed by atoms with van der Waals surface area (Å²) in [5.41, 5.74) is 0. The first-order valence-corrected chi connectivity index (χ1v) is 6.32. The number of hydrogen-bond donors (Lipinski definition) is 2. The van der Waals surface area contributed by atoms with E-state index in [1.54, 1.807) is 11.9 Å². The molecule has 0 aromatic carbocycles. The summed E-state index contributed by atoms with van der Waals surface area (Å²) >= 11 is 0. The summed E-state index contributed by atoms with van der Waals surface area (Å²) in [6.45, 7) is 2.92. The number of β-amino-alcohol motifs (C(OH)–C–C–N with tert-alkyl or cyclic N) is 1. The van der Waals surface area contributed by atoms with Crippen LogP contribution < -0.4 is 0 Å². The summed E-state index contributed by atoms with van der Waals surface area (Å²) < 4.78 is 0. The Bertz CT molecular complexity index is 360. The molecule has 1 aliphatic carbocycles. The van der Waals surface area contributed by atoms with Crippen molar-refractivity contribution in [1.29, 1.82) is 0 Å². The van der Waals surface area contributed by atoms with Crippen molar-refractivity contribution in [3.63, 3.8) is 0 Å². The maximum atomic E-state index is 12.2. The lowest BCUT2D eigenvalue weighted by molar-refractivity contribution is -0.141. The summed E-state index contributed by atoms with van der Waals surface area (Å²) in [5, 5.41) is 18.6. The number of carbonyl (C=O) groups is 2. The van der Waals surface area contributed by atoms with E-state index in [0.29, 0.717) is 18.4 Å². The normalized spacial score (nSPS) is 34.5. The largest absolute Gasteiger partial charge is 0.480 e. The molecule has 4 atom stereocenters. The third-order valence-corrected chi connectivity index (χ3v) is 3.92. The van der Waals surface area contributed by atoms with Crippen molar-refractivity contribution >= 4 is 12.0 Å². The van der Waals surface area contributed by atoms with Crippen molar-refractivity contribution in [3.8, 4) is 0 Å². The van der Waals surface area contributed by atoms with Crippen molar-refractivity contribution in [1.82, 2.24) is 9.80 Å². The lowest BCUT2D eigenvalue weighted by atomic mass is 10.2. The van der Waals surface area contributed by atoms with Crippen molar-refractivity contribution in [3.05, 3.63) is 0 Å². The first-order chi connectivity index (χ1) is 8.40. The molecule has 1 aliphatic heterocycles. The van der Waals surface area contributed by atoms with Gasteiger partial charge in [0.25, 0.3) is 0 Å². The van der Waals surface area contributed by atoms with E-state index in [0.717, 1.165) is 6.42 Å². The van der Waals surface area contributed by atoms with Crippen LogP contribution in [-0.2, 0) is 4.79 Å². The number of rotatable bonds is 3. The third kappa shape index (κ3) is 2.58. The molecule has 2 rings (SSSR count). The van der Waals surface area contributed by atoms with Crippen molar-refractivity contribution in [2.45, 2.75) is 31.9 Å². The summed E-state index contributed by atoms with van der Waals surface area (Å²) in [6, 6.07) is -1.19. The molecule has 2 amide bonds. The van der Waals surface area contributed by atoms with Gasteiger partial charge in [0.15, 0.2) is 0 Å². The molecule has 0 radical (unpaired) electrons. The first-order valence-electron chi connectivity index (χ1n) is 6.32. The highest BCUT2D eigenvalue weighted by Gasteiger charge is 2.41. The van der Waals surface area contributed by atoms with Crippen LogP contribution >= 0.6 is 0 Å². The van der Waals surface area contributed by atoms with Crippen LogP contribution in [0.5, 0.6) is 0 Å². The second-order valence-electron chi connectivity index (χ2n) is 5.53. The van der Waals surface area contributed by atoms with Gasteiger partial charge in [-0.25, -0.2) is 9.59 Å². The smallest absolute Gasteiger partial charge is 0.326 e. The van der Waals surface area contributed by atoms with E-state index in [1.807, 2.05) is 0 Å². The van der Waals surface area contributed by atoms with Gasteiger partial charge in [-0.05, 0) is 18.3 Å². The molecule has 6 heteroatoms. The SMILES string of the molecule is CC1CC1CN(C)C(=O)N1C[C@H](O)C[C@H]1C(=O)O. The molecule has 18 heavy (non-hydrogen) atoms. The predicted octanol–water partition coefficient (Wildman–Crippen LogP) is 0.214. The van der Waals surface area contributed by atoms with E-state index in [-0.39, 0.29) is 19.0 Å². The fraction of sp³-hybridized carbons (Fsp3) is 0.833. The van der Waals surface area contributed by atoms with E-state index in [2.05, 4.69) is 6.92 Å². The highest BCUT2D eigenvalue weighted by Crippen LogP contribution is 2.38. The molecule has 0 spiro atoms. The van der Waals surface area contributed by atoms with Crippen molar-refractivity contribution < 1.29 is 19.8 Å². The monoisotopic (exact) mass is 256 g/mol. The molecule has 1 heterocycles. The molecule has 0 aromatic heterocycles. The second-order valence-corrected chi connectivity index (χ2v) is 5.53. The number of aliphatic hydroxyl groups excluding tert-OH is 1. The van der Waals surface area contributed by atoms with Gasteiger partial charge in [0.1, 0.15) is 6.04 Å². The van der Waals surface area contributed by atoms with Crippen LogP contribution in [0.3, 0.4) is 0 Å². The average Bonchev–Trinajstić information content (AvgIpc) is 2.83. The van der Waals surface area contributed by atoms with E-state index >= 15 is 0 Å². The van der Waals surface area contributed by atoms with Gasteiger partial charge in [-0.15, -0.1) is 0 Å². The van der Waals surface area contributed by atoms with Crippen molar-refractivity contribution in [2.24, 2.45) is 11.8 Å². The summed E-state index contributed by atoms with van der Waals surface area (Å²) in [6.07, 6.45) is 0.514. The number of amides is 2. The lowest BCUT2D eigenvalue weighted by Gasteiger charge is -2.27. The van der Waals surface area contributed by atoms with Gasteiger partial charge in [0.2, 0.25) is 0 Å². The number of likely N-dealkylation sites (tertiary alicyclic amines) is 1. The standard InChI is InChI=1S/C12H20N2O4/c1-7-3-8(7)5-13(2)12(18)14-6-9(15)4-10(14)11(16)17/h7-10,15H,3-6H2,1-2H3,(H,16,17)/t7?,8?,9-,10+/m1/s1. The number of carboxylic acid groups (broad SMARTS) is 1. The molecule has 1 saturated carbocycles. The van der Waals surface area contributed by atoms with E-state index < -0.39 is 18.1 Å². The number of carboxylic acids is 1. The van der Waals surface area contributed by atoms with E-state index in [9.17, 15) is 14.7 Å². The highest BCUT2D eigenvalue weighted by atomic mass is 16.4. The van der Waals surface area contributed by atoms with E-state index in [1.165, 1.54) is 4.90 Å². The summed E-state index contributed by atoms with van der Waals surface area (Å²) in [7, 11) is 1.69. The molecule has 6 nitrogen and oxygen atoms in total. The predicted molar refractivity (Wildman–Crippen MR) is 64.1 cm³/mol. The van der Waals surface area contributed by atoms with Crippen LogP contribution in [0.15, 0.2) is 0 Å². The summed E-state index contributed by atoms with van der Waals surface area (Å²) in [4.78, 5) is 26.0. The molecule has 0 aromatic rings. The Morgan fingerprint density at radius 1 is 1.39 bits per heavy atom. The molecule has 1 saturated heterocycles. The number of aliphatic carboxylic acids is 1. The minimum absolute atomic E-state index is 0.111. The molecule has 2 N–H and O–H groups in total. The van der Waals surface area contributed by atoms with Gasteiger partial charge in [-0.1, -0.05) is 6.92 Å². The van der Waals surface area contributed by atoms with Gasteiger partial charge >= 0.3 is 12.0 Å². The Balaban J connectivity index is 1.96. The van der Waals surface area contributed by atoms with Gasteiger partial charge < -0.3 is 20.0 Å². The molecule has 2 fully saturated rings. The van der Waals surface area contributed by atoms with Crippen LogP contribution in [0.2, 0.25) is 0 Å². The Hall–Kier alpha value is -1.30. The minimum Gasteiger partial charge on any atom is -0.480 e. The molecular formula is C12H20N2O4. The Morgan fingerprint density at radius 2 is 2.00 bits per heavy atom. The number of nitrogens with zero attached hydrogens (tertiary/aromatic N) is 2. The maximum absolute atomic E-state index is 12.2. The quantitative estimate of drug-likeness (QED) is 0.756. The highest BCUT2D eigenvalue weighted by molar-refractivity contribution is 5.83. The van der Waals surface area contributed by atoms with E-state index in [4.69, 9.17) is 5.11 Å². The molecule has 2 unspecified atom stereocenters. The second kappa shape index (κ2) is 4.76. The topological polar surface area (TPSA) is 81.1 Å². The molecular weight excluding hydrogens is 236 g/mol. The molecule has 102 valence electrons. The van der Waals surface area contributed by atoms with Crippen LogP contribution in [-0.4, -0.2) is 64.3 Å². The summed E-state index contributed by atoms with van der Waals surface area (Å²) in [5.74, 6) is 0.141. The average molecular weight is 256 g/mol. The minimum atomic E-state index is -1.05. The first kappa shape index (κ1) is 13.1. The van der Waals surface area contributed by atoms with Crippen LogP contribution in [0.1, 0.15) is 19.8 Å². The van der Waals surface area contributed by atoms with Crippen LogP contribution in [0, 0.1) is 11.8 Å². The fourth-order valence-electron chi connectivity index (χ4n) is 2.56.